The lowest BCUT2D eigenvalue weighted by atomic mass is 9.90. The maximum Gasteiger partial charge on any atom is 0.223 e. The number of aromatic nitrogens is 1. The van der Waals surface area contributed by atoms with Crippen LogP contribution in [-0.4, -0.2) is 41.1 Å². The Labute approximate surface area is 143 Å². The number of hydrogen-bond donors (Lipinski definition) is 1. The van der Waals surface area contributed by atoms with Crippen LogP contribution in [0.4, 0.5) is 0 Å². The van der Waals surface area contributed by atoms with E-state index in [9.17, 15) is 4.79 Å². The molecular formula is C20H26N2O2. The minimum atomic E-state index is 0.270. The zero-order chi connectivity index (χ0) is 16.5. The lowest BCUT2D eigenvalue weighted by Crippen LogP contribution is -2.54. The first-order valence-corrected chi connectivity index (χ1v) is 9.20. The predicted octanol–water partition coefficient (Wildman–Crippen LogP) is 3.58. The standard InChI is InChI=1S/C20H26N2O2/c1-14-5-4-6-16-20(14)15(13-21-16)9-10-19(23)22-11-12-24-18-8-3-2-7-17(18)22/h4-6,13,17-18,21H,2-3,7-12H2,1H3. The number of carbonyl (C=O) groups is 1. The van der Waals surface area contributed by atoms with Gasteiger partial charge in [-0.15, -0.1) is 0 Å². The van der Waals surface area contributed by atoms with E-state index in [4.69, 9.17) is 4.74 Å². The largest absolute Gasteiger partial charge is 0.374 e. The van der Waals surface area contributed by atoms with Gasteiger partial charge in [-0.3, -0.25) is 4.79 Å². The highest BCUT2D eigenvalue weighted by Crippen LogP contribution is 2.29. The van der Waals surface area contributed by atoms with Gasteiger partial charge in [-0.05, 0) is 43.4 Å². The molecule has 1 aromatic carbocycles. The number of nitrogens with one attached hydrogen (secondary N) is 1. The van der Waals surface area contributed by atoms with Crippen LogP contribution in [0, 0.1) is 6.92 Å². The number of benzene rings is 1. The van der Waals surface area contributed by atoms with Gasteiger partial charge in [0.1, 0.15) is 0 Å². The third-order valence-corrected chi connectivity index (χ3v) is 5.66. The molecule has 1 saturated carbocycles. The fourth-order valence-corrected chi connectivity index (χ4v) is 4.44. The highest BCUT2D eigenvalue weighted by atomic mass is 16.5. The van der Waals surface area contributed by atoms with Gasteiger partial charge in [0.2, 0.25) is 5.91 Å². The summed E-state index contributed by atoms with van der Waals surface area (Å²) >= 11 is 0. The minimum absolute atomic E-state index is 0.270. The number of amides is 1. The van der Waals surface area contributed by atoms with E-state index in [1.165, 1.54) is 29.4 Å². The molecule has 2 aliphatic rings. The number of aromatic amines is 1. The SMILES string of the molecule is Cc1cccc2[nH]cc(CCC(=O)N3CCOC4CCCCC43)c12. The maximum atomic E-state index is 12.8. The van der Waals surface area contributed by atoms with Crippen LogP contribution in [0.5, 0.6) is 0 Å². The van der Waals surface area contributed by atoms with E-state index in [1.807, 2.05) is 0 Å². The molecule has 4 heteroatoms. The summed E-state index contributed by atoms with van der Waals surface area (Å²) in [7, 11) is 0. The summed E-state index contributed by atoms with van der Waals surface area (Å²) in [6, 6.07) is 6.61. The lowest BCUT2D eigenvalue weighted by molar-refractivity contribution is -0.149. The number of carbonyl (C=O) groups excluding carboxylic acids is 1. The molecule has 4 rings (SSSR count). The van der Waals surface area contributed by atoms with Crippen LogP contribution >= 0.6 is 0 Å². The summed E-state index contributed by atoms with van der Waals surface area (Å²) < 4.78 is 5.89. The Morgan fingerprint density at radius 2 is 2.21 bits per heavy atom. The van der Waals surface area contributed by atoms with Crippen molar-refractivity contribution in [3.05, 3.63) is 35.5 Å². The van der Waals surface area contributed by atoms with Gasteiger partial charge in [0.25, 0.3) is 0 Å². The van der Waals surface area contributed by atoms with E-state index >= 15 is 0 Å². The molecule has 2 heterocycles. The molecule has 1 aliphatic carbocycles. The van der Waals surface area contributed by atoms with Crippen LogP contribution in [0.1, 0.15) is 43.2 Å². The lowest BCUT2D eigenvalue weighted by Gasteiger charge is -2.43. The summed E-state index contributed by atoms with van der Waals surface area (Å²) in [5.41, 5.74) is 3.69. The van der Waals surface area contributed by atoms with E-state index in [0.717, 1.165) is 31.3 Å². The number of rotatable bonds is 3. The van der Waals surface area contributed by atoms with E-state index in [1.54, 1.807) is 0 Å². The number of aryl methyl sites for hydroxylation is 2. The van der Waals surface area contributed by atoms with Gasteiger partial charge in [-0.25, -0.2) is 0 Å². The molecule has 0 bridgehead atoms. The van der Waals surface area contributed by atoms with E-state index < -0.39 is 0 Å². The number of fused-ring (bicyclic) bond motifs is 2. The van der Waals surface area contributed by atoms with Gasteiger partial charge in [0.15, 0.2) is 0 Å². The van der Waals surface area contributed by atoms with Crippen LogP contribution in [0.15, 0.2) is 24.4 Å². The fourth-order valence-electron chi connectivity index (χ4n) is 4.44. The van der Waals surface area contributed by atoms with Gasteiger partial charge < -0.3 is 14.6 Å². The third-order valence-electron chi connectivity index (χ3n) is 5.66. The van der Waals surface area contributed by atoms with Crippen LogP contribution in [-0.2, 0) is 16.0 Å². The molecule has 1 aromatic heterocycles. The first kappa shape index (κ1) is 15.7. The van der Waals surface area contributed by atoms with Crippen LogP contribution < -0.4 is 0 Å². The highest BCUT2D eigenvalue weighted by Gasteiger charge is 2.36. The van der Waals surface area contributed by atoms with Crippen LogP contribution in [0.2, 0.25) is 0 Å². The zero-order valence-corrected chi connectivity index (χ0v) is 14.4. The van der Waals surface area contributed by atoms with Gasteiger partial charge >= 0.3 is 0 Å². The van der Waals surface area contributed by atoms with E-state index in [0.29, 0.717) is 19.1 Å². The molecule has 1 amide bonds. The minimum Gasteiger partial charge on any atom is -0.374 e. The quantitative estimate of drug-likeness (QED) is 0.937. The molecule has 0 radical (unpaired) electrons. The van der Waals surface area contributed by atoms with Gasteiger partial charge in [-0.2, -0.15) is 0 Å². The molecular weight excluding hydrogens is 300 g/mol. The molecule has 2 aromatic rings. The first-order valence-electron chi connectivity index (χ1n) is 9.20. The molecule has 1 N–H and O–H groups in total. The number of ether oxygens (including phenoxy) is 1. The van der Waals surface area contributed by atoms with Crippen LogP contribution in [0.3, 0.4) is 0 Å². The first-order chi connectivity index (χ1) is 11.7. The molecule has 2 atom stereocenters. The number of nitrogens with zero attached hydrogens (tertiary/aromatic N) is 1. The number of hydrogen-bond acceptors (Lipinski definition) is 2. The summed E-state index contributed by atoms with van der Waals surface area (Å²) in [6.45, 7) is 3.59. The van der Waals surface area contributed by atoms with E-state index in [2.05, 4.69) is 41.2 Å². The molecule has 128 valence electrons. The monoisotopic (exact) mass is 326 g/mol. The van der Waals surface area contributed by atoms with Crippen molar-refractivity contribution in [2.75, 3.05) is 13.2 Å². The molecule has 1 aliphatic heterocycles. The maximum absolute atomic E-state index is 12.8. The summed E-state index contributed by atoms with van der Waals surface area (Å²) in [4.78, 5) is 18.3. The van der Waals surface area contributed by atoms with Crippen molar-refractivity contribution in [3.8, 4) is 0 Å². The average molecular weight is 326 g/mol. The highest BCUT2D eigenvalue weighted by molar-refractivity contribution is 5.87. The molecule has 1 saturated heterocycles. The Morgan fingerprint density at radius 3 is 3.12 bits per heavy atom. The second kappa shape index (κ2) is 6.60. The molecule has 2 unspecified atom stereocenters. The van der Waals surface area contributed by atoms with Gasteiger partial charge in [0, 0.05) is 30.1 Å². The smallest absolute Gasteiger partial charge is 0.223 e. The zero-order valence-electron chi connectivity index (χ0n) is 14.4. The Kier molecular flexibility index (Phi) is 4.31. The fraction of sp³-hybridized carbons (Fsp3) is 0.550. The average Bonchev–Trinajstić information content (AvgIpc) is 3.04. The van der Waals surface area contributed by atoms with Crippen molar-refractivity contribution in [2.24, 2.45) is 0 Å². The summed E-state index contributed by atoms with van der Waals surface area (Å²) in [5.74, 6) is 0.290. The molecule has 4 nitrogen and oxygen atoms in total. The van der Waals surface area contributed by atoms with Crippen molar-refractivity contribution in [1.29, 1.82) is 0 Å². The van der Waals surface area contributed by atoms with Crippen molar-refractivity contribution in [2.45, 2.75) is 57.6 Å². The topological polar surface area (TPSA) is 45.3 Å². The number of morpholine rings is 1. The summed E-state index contributed by atoms with van der Waals surface area (Å²) in [6.07, 6.45) is 8.38. The molecule has 2 fully saturated rings. The van der Waals surface area contributed by atoms with Crippen LogP contribution in [0.25, 0.3) is 10.9 Å². The number of H-pyrrole nitrogens is 1. The Hall–Kier alpha value is -1.81. The molecule has 0 spiro atoms. The Balaban J connectivity index is 1.46. The Morgan fingerprint density at radius 1 is 1.33 bits per heavy atom. The normalized spacial score (nSPS) is 24.1. The van der Waals surface area contributed by atoms with Gasteiger partial charge in [-0.1, -0.05) is 25.0 Å². The second-order valence-corrected chi connectivity index (χ2v) is 7.16. The van der Waals surface area contributed by atoms with Crippen molar-refractivity contribution >= 4 is 16.8 Å². The molecule has 24 heavy (non-hydrogen) atoms. The van der Waals surface area contributed by atoms with Crippen molar-refractivity contribution in [1.82, 2.24) is 9.88 Å². The Bertz CT molecular complexity index is 734. The van der Waals surface area contributed by atoms with Gasteiger partial charge in [0.05, 0.1) is 18.8 Å². The van der Waals surface area contributed by atoms with Crippen molar-refractivity contribution < 1.29 is 9.53 Å². The summed E-state index contributed by atoms with van der Waals surface area (Å²) in [5, 5.41) is 1.28. The predicted molar refractivity (Wildman–Crippen MR) is 95.1 cm³/mol. The van der Waals surface area contributed by atoms with E-state index in [-0.39, 0.29) is 12.0 Å². The third kappa shape index (κ3) is 2.84. The second-order valence-electron chi connectivity index (χ2n) is 7.16. The van der Waals surface area contributed by atoms with Crippen molar-refractivity contribution in [3.63, 3.8) is 0 Å².